The molecule has 10 heteroatoms. The number of hydrogen-bond acceptors (Lipinski definition) is 7. The van der Waals surface area contributed by atoms with Crippen molar-refractivity contribution < 1.29 is 42.1 Å². The van der Waals surface area contributed by atoms with Gasteiger partial charge in [-0.05, 0) is 83.5 Å². The molecule has 56 heavy (non-hydrogen) atoms. The number of ether oxygens (including phenoxy) is 2. The van der Waals surface area contributed by atoms with Crippen LogP contribution in [0.1, 0.15) is 155 Å². The summed E-state index contributed by atoms with van der Waals surface area (Å²) in [5, 5.41) is 0. The van der Waals surface area contributed by atoms with E-state index in [2.05, 4.69) is 80.7 Å². The molecule has 0 spiro atoms. The van der Waals surface area contributed by atoms with Gasteiger partial charge >= 0.3 is 19.8 Å². The Hall–Kier alpha value is -2.55. The predicted octanol–water partition coefficient (Wildman–Crippen LogP) is 12.2. The summed E-state index contributed by atoms with van der Waals surface area (Å²) in [6, 6.07) is 0. The number of likely N-dealkylation sites (N-methyl/N-ethyl adjacent to an activating group) is 1. The first-order valence-electron chi connectivity index (χ1n) is 21.7. The summed E-state index contributed by atoms with van der Waals surface area (Å²) in [5.41, 5.74) is 0. The molecule has 322 valence electrons. The number of phosphoric ester groups is 1. The van der Waals surface area contributed by atoms with Gasteiger partial charge in [-0.3, -0.25) is 18.6 Å². The van der Waals surface area contributed by atoms with E-state index in [4.69, 9.17) is 18.5 Å². The molecule has 0 saturated heterocycles. The third kappa shape index (κ3) is 41.1. The van der Waals surface area contributed by atoms with Crippen molar-refractivity contribution in [3.8, 4) is 0 Å². The van der Waals surface area contributed by atoms with E-state index in [1.54, 1.807) is 0 Å². The zero-order valence-electron chi connectivity index (χ0n) is 36.1. The topological polar surface area (TPSA) is 108 Å². The smallest absolute Gasteiger partial charge is 0.462 e. The van der Waals surface area contributed by atoms with Crippen LogP contribution in [0, 0.1) is 0 Å². The van der Waals surface area contributed by atoms with E-state index in [0.717, 1.165) is 51.4 Å². The summed E-state index contributed by atoms with van der Waals surface area (Å²) in [7, 11) is 1.41. The summed E-state index contributed by atoms with van der Waals surface area (Å²) in [6.45, 7) is 4.26. The van der Waals surface area contributed by atoms with Gasteiger partial charge in [0.25, 0.3) is 0 Å². The number of allylic oxidation sites excluding steroid dienone is 12. The monoisotopic (exact) mass is 807 g/mol. The fourth-order valence-electron chi connectivity index (χ4n) is 5.27. The van der Waals surface area contributed by atoms with E-state index in [-0.39, 0.29) is 26.1 Å². The molecule has 0 aromatic heterocycles. The quantitative estimate of drug-likeness (QED) is 0.0216. The van der Waals surface area contributed by atoms with Gasteiger partial charge in [-0.25, -0.2) is 4.57 Å². The molecule has 2 atom stereocenters. The Bertz CT molecular complexity index is 1180. The van der Waals surface area contributed by atoms with Gasteiger partial charge in [-0.15, -0.1) is 0 Å². The van der Waals surface area contributed by atoms with Crippen molar-refractivity contribution in [1.82, 2.24) is 0 Å². The molecule has 0 aliphatic heterocycles. The first-order chi connectivity index (χ1) is 27.0. The largest absolute Gasteiger partial charge is 0.472 e. The molecule has 1 N–H and O–H groups in total. The lowest BCUT2D eigenvalue weighted by atomic mass is 10.1. The minimum absolute atomic E-state index is 0.0130. The van der Waals surface area contributed by atoms with Crippen molar-refractivity contribution in [1.29, 1.82) is 0 Å². The predicted molar refractivity (Wildman–Crippen MR) is 233 cm³/mol. The lowest BCUT2D eigenvalue weighted by Gasteiger charge is -2.24. The SMILES string of the molecule is CCCCC/C=C/C/C=C/C/C=C/CCCCC(=O)OC[C@H](COP(=O)(O)OCC[N+](C)(C)C)OC(=O)CCC/C=C/C/C=C/C/C=C/CCCCCCCC. The average Bonchev–Trinajstić information content (AvgIpc) is 3.15. The number of esters is 2. The Morgan fingerprint density at radius 1 is 0.554 bits per heavy atom. The number of hydrogen-bond donors (Lipinski definition) is 1. The van der Waals surface area contributed by atoms with Crippen molar-refractivity contribution in [2.24, 2.45) is 0 Å². The summed E-state index contributed by atoms with van der Waals surface area (Å²) >= 11 is 0. The van der Waals surface area contributed by atoms with Gasteiger partial charge in [0.1, 0.15) is 19.8 Å². The Labute approximate surface area is 342 Å². The van der Waals surface area contributed by atoms with Crippen LogP contribution in [0.2, 0.25) is 0 Å². The number of carbonyl (C=O) groups is 2. The molecule has 9 nitrogen and oxygen atoms in total. The molecule has 0 fully saturated rings. The van der Waals surface area contributed by atoms with Crippen molar-refractivity contribution in [2.75, 3.05) is 47.5 Å². The number of nitrogens with zero attached hydrogens (tertiary/aromatic N) is 1. The first-order valence-corrected chi connectivity index (χ1v) is 23.2. The maximum Gasteiger partial charge on any atom is 0.472 e. The maximum absolute atomic E-state index is 12.7. The molecule has 0 saturated carbocycles. The van der Waals surface area contributed by atoms with Crippen molar-refractivity contribution in [2.45, 2.75) is 161 Å². The Morgan fingerprint density at radius 2 is 0.982 bits per heavy atom. The van der Waals surface area contributed by atoms with Crippen LogP contribution in [0.3, 0.4) is 0 Å². The second-order valence-electron chi connectivity index (χ2n) is 15.4. The molecule has 0 bridgehead atoms. The summed E-state index contributed by atoms with van der Waals surface area (Å²) in [4.78, 5) is 35.3. The zero-order valence-corrected chi connectivity index (χ0v) is 37.0. The molecule has 0 aliphatic rings. The molecule has 0 aliphatic carbocycles. The minimum atomic E-state index is -4.40. The van der Waals surface area contributed by atoms with Crippen LogP contribution in [0.15, 0.2) is 72.9 Å². The summed E-state index contributed by atoms with van der Waals surface area (Å²) in [5.74, 6) is -0.912. The van der Waals surface area contributed by atoms with Gasteiger partial charge in [0.2, 0.25) is 0 Å². The van der Waals surface area contributed by atoms with Crippen LogP contribution in [-0.2, 0) is 32.7 Å². The minimum Gasteiger partial charge on any atom is -0.462 e. The van der Waals surface area contributed by atoms with Crippen LogP contribution >= 0.6 is 7.82 Å². The van der Waals surface area contributed by atoms with E-state index in [1.165, 1.54) is 57.8 Å². The second kappa shape index (κ2) is 38.0. The summed E-state index contributed by atoms with van der Waals surface area (Å²) < 4.78 is 34.2. The van der Waals surface area contributed by atoms with E-state index in [1.807, 2.05) is 27.2 Å². The summed E-state index contributed by atoms with van der Waals surface area (Å²) in [6.07, 6.45) is 46.8. The van der Waals surface area contributed by atoms with Crippen LogP contribution in [0.5, 0.6) is 0 Å². The normalized spacial score (nSPS) is 14.3. The van der Waals surface area contributed by atoms with Crippen LogP contribution in [0.4, 0.5) is 0 Å². The van der Waals surface area contributed by atoms with Crippen molar-refractivity contribution in [3.05, 3.63) is 72.9 Å². The fraction of sp³-hybridized carbons (Fsp3) is 0.696. The molecular weight excluding hydrogens is 725 g/mol. The Morgan fingerprint density at radius 3 is 1.52 bits per heavy atom. The molecule has 0 radical (unpaired) electrons. The maximum atomic E-state index is 12.7. The van der Waals surface area contributed by atoms with Gasteiger partial charge in [0.15, 0.2) is 6.10 Å². The van der Waals surface area contributed by atoms with Gasteiger partial charge in [0.05, 0.1) is 27.7 Å². The highest BCUT2D eigenvalue weighted by atomic mass is 31.2. The number of unbranched alkanes of at least 4 members (excludes halogenated alkanes) is 12. The second-order valence-corrected chi connectivity index (χ2v) is 16.8. The van der Waals surface area contributed by atoms with Crippen LogP contribution in [-0.4, -0.2) is 74.9 Å². The molecule has 0 amide bonds. The number of carbonyl (C=O) groups excluding carboxylic acids is 2. The third-order valence-corrected chi connectivity index (χ3v) is 9.69. The van der Waals surface area contributed by atoms with Gasteiger partial charge in [0, 0.05) is 12.8 Å². The zero-order chi connectivity index (χ0) is 41.4. The van der Waals surface area contributed by atoms with E-state index < -0.39 is 32.5 Å². The lowest BCUT2D eigenvalue weighted by Crippen LogP contribution is -2.37. The Balaban J connectivity index is 4.54. The molecular formula is C46H81NO8P+. The Kier molecular flexibility index (Phi) is 36.3. The van der Waals surface area contributed by atoms with Crippen molar-refractivity contribution >= 4 is 19.8 Å². The molecule has 0 rings (SSSR count). The number of phosphoric acid groups is 1. The highest BCUT2D eigenvalue weighted by Crippen LogP contribution is 2.43. The highest BCUT2D eigenvalue weighted by molar-refractivity contribution is 7.47. The van der Waals surface area contributed by atoms with E-state index >= 15 is 0 Å². The molecule has 0 aromatic rings. The molecule has 0 aromatic carbocycles. The third-order valence-electron chi connectivity index (χ3n) is 8.71. The van der Waals surface area contributed by atoms with Crippen LogP contribution < -0.4 is 0 Å². The van der Waals surface area contributed by atoms with Gasteiger partial charge in [-0.1, -0.05) is 132 Å². The van der Waals surface area contributed by atoms with E-state index in [9.17, 15) is 19.0 Å². The molecule has 0 heterocycles. The van der Waals surface area contributed by atoms with Crippen LogP contribution in [0.25, 0.3) is 0 Å². The first kappa shape index (κ1) is 53.5. The number of quaternary nitrogens is 1. The standard InChI is InChI=1S/C46H80NO8P/c1-6-8-10-12-14-16-18-20-22-23-25-27-29-31-33-35-37-39-46(49)55-44(43-54-56(50,51)53-41-40-47(3,4)5)42-52-45(48)38-36-34-32-30-28-26-24-21-19-17-15-13-11-9-7-2/h15,17,20-22,24-25,27-28,30-31,33,44H,6-14,16,18-19,23,26,29,32,34-43H2,1-5H3/p+1/b17-15+,22-20+,24-21+,27-25+,30-28+,33-31+/t44-/m1/s1. The highest BCUT2D eigenvalue weighted by Gasteiger charge is 2.27. The van der Waals surface area contributed by atoms with Crippen molar-refractivity contribution in [3.63, 3.8) is 0 Å². The lowest BCUT2D eigenvalue weighted by molar-refractivity contribution is -0.870. The number of rotatable bonds is 38. The molecule has 1 unspecified atom stereocenters. The van der Waals surface area contributed by atoms with E-state index in [0.29, 0.717) is 30.3 Å². The van der Waals surface area contributed by atoms with Gasteiger partial charge in [-0.2, -0.15) is 0 Å². The fourth-order valence-corrected chi connectivity index (χ4v) is 6.01. The van der Waals surface area contributed by atoms with Gasteiger partial charge < -0.3 is 18.9 Å². The average molecular weight is 807 g/mol.